The third kappa shape index (κ3) is 3.37. The van der Waals surface area contributed by atoms with Crippen molar-refractivity contribution in [1.82, 2.24) is 9.80 Å². The third-order valence-corrected chi connectivity index (χ3v) is 3.53. The molecule has 2 aliphatic rings. The Morgan fingerprint density at radius 2 is 1.81 bits per heavy atom. The van der Waals surface area contributed by atoms with Crippen LogP contribution in [0.4, 0.5) is 0 Å². The maximum atomic E-state index is 4.20. The molecule has 1 aliphatic carbocycles. The highest BCUT2D eigenvalue weighted by atomic mass is 15.3. The van der Waals surface area contributed by atoms with Gasteiger partial charge in [-0.15, -0.1) is 5.92 Å². The van der Waals surface area contributed by atoms with Gasteiger partial charge in [0.2, 0.25) is 0 Å². The molecule has 0 radical (unpaired) electrons. The van der Waals surface area contributed by atoms with E-state index in [-0.39, 0.29) is 0 Å². The van der Waals surface area contributed by atoms with E-state index in [2.05, 4.69) is 28.2 Å². The molecule has 16 heavy (non-hydrogen) atoms. The van der Waals surface area contributed by atoms with Gasteiger partial charge in [0.05, 0.1) is 6.54 Å². The quantitative estimate of drug-likeness (QED) is 0.522. The second kappa shape index (κ2) is 5.52. The molecule has 2 fully saturated rings. The van der Waals surface area contributed by atoms with Crippen molar-refractivity contribution in [3.63, 3.8) is 0 Å². The lowest BCUT2D eigenvalue weighted by Gasteiger charge is -2.34. The minimum absolute atomic E-state index is 0.851. The smallest absolute Gasteiger partial charge is 0.0602 e. The Balaban J connectivity index is 1.67. The van der Waals surface area contributed by atoms with E-state index < -0.39 is 0 Å². The van der Waals surface area contributed by atoms with Gasteiger partial charge in [-0.1, -0.05) is 18.1 Å². The molecule has 1 saturated carbocycles. The van der Waals surface area contributed by atoms with Crippen LogP contribution in [-0.2, 0) is 0 Å². The van der Waals surface area contributed by atoms with Crippen LogP contribution in [0.3, 0.4) is 0 Å². The van der Waals surface area contributed by atoms with Crippen LogP contribution in [0, 0.1) is 17.8 Å². The fourth-order valence-corrected chi connectivity index (χ4v) is 2.20. The highest BCUT2D eigenvalue weighted by Crippen LogP contribution is 2.35. The molecule has 1 aliphatic heterocycles. The maximum absolute atomic E-state index is 4.20. The monoisotopic (exact) mass is 218 g/mol. The molecular formula is C14H22N2. The predicted molar refractivity (Wildman–Crippen MR) is 68.2 cm³/mol. The Hall–Kier alpha value is -0.780. The minimum atomic E-state index is 0.851. The number of piperazine rings is 1. The van der Waals surface area contributed by atoms with Crippen molar-refractivity contribution in [1.29, 1.82) is 0 Å². The summed E-state index contributed by atoms with van der Waals surface area (Å²) in [6.45, 7) is 12.8. The van der Waals surface area contributed by atoms with Crippen molar-refractivity contribution in [2.24, 2.45) is 5.92 Å². The van der Waals surface area contributed by atoms with Crippen LogP contribution in [0.1, 0.15) is 19.8 Å². The average molecular weight is 218 g/mol. The van der Waals surface area contributed by atoms with E-state index in [1.807, 2.05) is 6.92 Å². The van der Waals surface area contributed by atoms with Crippen molar-refractivity contribution in [3.8, 4) is 11.8 Å². The number of rotatable bonds is 4. The number of hydrogen-bond donors (Lipinski definition) is 0. The molecule has 0 unspecified atom stereocenters. The van der Waals surface area contributed by atoms with Crippen molar-refractivity contribution < 1.29 is 0 Å². The molecule has 1 heterocycles. The Kier molecular flexibility index (Phi) is 4.04. The first-order chi connectivity index (χ1) is 7.79. The topological polar surface area (TPSA) is 6.48 Å². The van der Waals surface area contributed by atoms with Gasteiger partial charge in [-0.25, -0.2) is 0 Å². The van der Waals surface area contributed by atoms with Crippen molar-refractivity contribution in [2.75, 3.05) is 39.3 Å². The van der Waals surface area contributed by atoms with Gasteiger partial charge in [0.15, 0.2) is 0 Å². The standard InChI is InChI=1S/C14H22N2/c1-3-4-7-15-8-10-16(11-9-15)12-13(2)14-5-6-14/h14H,2,5-12H2,1H3. The van der Waals surface area contributed by atoms with Gasteiger partial charge in [-0.3, -0.25) is 9.80 Å². The molecule has 0 amide bonds. The van der Waals surface area contributed by atoms with Gasteiger partial charge < -0.3 is 0 Å². The van der Waals surface area contributed by atoms with Crippen LogP contribution in [0.2, 0.25) is 0 Å². The first-order valence-corrected chi connectivity index (χ1v) is 6.31. The Morgan fingerprint density at radius 1 is 1.19 bits per heavy atom. The van der Waals surface area contributed by atoms with E-state index in [1.54, 1.807) is 0 Å². The van der Waals surface area contributed by atoms with Gasteiger partial charge in [0, 0.05) is 32.7 Å². The average Bonchev–Trinajstić information content (AvgIpc) is 3.12. The van der Waals surface area contributed by atoms with Gasteiger partial charge in [-0.05, 0) is 25.7 Å². The summed E-state index contributed by atoms with van der Waals surface area (Å²) in [6.07, 6.45) is 2.76. The zero-order valence-corrected chi connectivity index (χ0v) is 10.3. The zero-order chi connectivity index (χ0) is 11.4. The summed E-state index contributed by atoms with van der Waals surface area (Å²) in [5.41, 5.74) is 1.46. The van der Waals surface area contributed by atoms with Gasteiger partial charge in [0.1, 0.15) is 0 Å². The lowest BCUT2D eigenvalue weighted by atomic mass is 10.1. The lowest BCUT2D eigenvalue weighted by molar-refractivity contribution is 0.152. The molecule has 2 heteroatoms. The largest absolute Gasteiger partial charge is 0.297 e. The van der Waals surface area contributed by atoms with E-state index in [9.17, 15) is 0 Å². The molecule has 88 valence electrons. The number of nitrogens with zero attached hydrogens (tertiary/aromatic N) is 2. The molecule has 0 aromatic heterocycles. The molecule has 0 bridgehead atoms. The van der Waals surface area contributed by atoms with Crippen molar-refractivity contribution in [3.05, 3.63) is 12.2 Å². The second-order valence-corrected chi connectivity index (χ2v) is 4.91. The molecule has 1 saturated heterocycles. The van der Waals surface area contributed by atoms with Crippen LogP contribution in [-0.4, -0.2) is 49.1 Å². The van der Waals surface area contributed by atoms with E-state index in [1.165, 1.54) is 31.5 Å². The minimum Gasteiger partial charge on any atom is -0.297 e. The Labute approximate surface area is 99.3 Å². The van der Waals surface area contributed by atoms with E-state index >= 15 is 0 Å². The fourth-order valence-electron chi connectivity index (χ4n) is 2.20. The molecule has 0 spiro atoms. The predicted octanol–water partition coefficient (Wildman–Crippen LogP) is 1.59. The summed E-state index contributed by atoms with van der Waals surface area (Å²) in [5.74, 6) is 6.95. The molecule has 0 aromatic rings. The van der Waals surface area contributed by atoms with Crippen LogP contribution in [0.25, 0.3) is 0 Å². The number of hydrogen-bond acceptors (Lipinski definition) is 2. The molecule has 2 rings (SSSR count). The molecular weight excluding hydrogens is 196 g/mol. The van der Waals surface area contributed by atoms with E-state index in [4.69, 9.17) is 0 Å². The first-order valence-electron chi connectivity index (χ1n) is 6.31. The SMILES string of the molecule is C=C(CN1CCN(CC#CC)CC1)C1CC1. The molecule has 2 nitrogen and oxygen atoms in total. The molecule has 0 atom stereocenters. The molecule has 0 aromatic carbocycles. The highest BCUT2D eigenvalue weighted by Gasteiger charge is 2.26. The van der Waals surface area contributed by atoms with Crippen LogP contribution in [0.5, 0.6) is 0 Å². The van der Waals surface area contributed by atoms with Crippen LogP contribution >= 0.6 is 0 Å². The first kappa shape index (κ1) is 11.7. The van der Waals surface area contributed by atoms with E-state index in [0.717, 1.165) is 32.1 Å². The summed E-state index contributed by atoms with van der Waals surface area (Å²) in [5, 5.41) is 0. The van der Waals surface area contributed by atoms with Gasteiger partial charge >= 0.3 is 0 Å². The Bertz CT molecular complexity index is 298. The van der Waals surface area contributed by atoms with Crippen LogP contribution < -0.4 is 0 Å². The van der Waals surface area contributed by atoms with Gasteiger partial charge in [0.25, 0.3) is 0 Å². The van der Waals surface area contributed by atoms with E-state index in [0.29, 0.717) is 0 Å². The summed E-state index contributed by atoms with van der Waals surface area (Å²) < 4.78 is 0. The zero-order valence-electron chi connectivity index (χ0n) is 10.3. The summed E-state index contributed by atoms with van der Waals surface area (Å²) >= 11 is 0. The molecule has 0 N–H and O–H groups in total. The maximum Gasteiger partial charge on any atom is 0.0602 e. The normalized spacial score (nSPS) is 22.6. The highest BCUT2D eigenvalue weighted by molar-refractivity contribution is 5.09. The van der Waals surface area contributed by atoms with Gasteiger partial charge in [-0.2, -0.15) is 0 Å². The summed E-state index contributed by atoms with van der Waals surface area (Å²) in [4.78, 5) is 4.98. The summed E-state index contributed by atoms with van der Waals surface area (Å²) in [6, 6.07) is 0. The second-order valence-electron chi connectivity index (χ2n) is 4.91. The Morgan fingerprint density at radius 3 is 2.38 bits per heavy atom. The fraction of sp³-hybridized carbons (Fsp3) is 0.714. The lowest BCUT2D eigenvalue weighted by Crippen LogP contribution is -2.46. The van der Waals surface area contributed by atoms with Crippen molar-refractivity contribution in [2.45, 2.75) is 19.8 Å². The third-order valence-electron chi connectivity index (χ3n) is 3.53. The van der Waals surface area contributed by atoms with Crippen molar-refractivity contribution >= 4 is 0 Å². The summed E-state index contributed by atoms with van der Waals surface area (Å²) in [7, 11) is 0. The van der Waals surface area contributed by atoms with Crippen LogP contribution in [0.15, 0.2) is 12.2 Å².